The molecule has 2 atom stereocenters. The zero-order chi connectivity index (χ0) is 23.1. The number of methoxy groups -OCH3 is 1. The van der Waals surface area contributed by atoms with Crippen LogP contribution in [0.3, 0.4) is 0 Å². The molecule has 0 fully saturated rings. The minimum Gasteiger partial charge on any atom is -0.493 e. The lowest BCUT2D eigenvalue weighted by atomic mass is 9.88. The molecule has 1 aromatic heterocycles. The number of halogens is 1. The predicted molar refractivity (Wildman–Crippen MR) is 129 cm³/mol. The Morgan fingerprint density at radius 3 is 2.67 bits per heavy atom. The van der Waals surface area contributed by atoms with Crippen LogP contribution in [0.4, 0.5) is 5.00 Å². The van der Waals surface area contributed by atoms with Crippen molar-refractivity contribution >= 4 is 39.8 Å². The van der Waals surface area contributed by atoms with Crippen molar-refractivity contribution in [1.82, 2.24) is 5.32 Å². The van der Waals surface area contributed by atoms with Gasteiger partial charge in [0.25, 0.3) is 5.91 Å². The number of carbonyl (C=O) groups is 2. The summed E-state index contributed by atoms with van der Waals surface area (Å²) < 4.78 is 11.0. The average Bonchev–Trinajstić information content (AvgIpc) is 3.17. The highest BCUT2D eigenvalue weighted by atomic mass is 35.5. The number of nitrogens with one attached hydrogen (secondary N) is 2. The summed E-state index contributed by atoms with van der Waals surface area (Å²) in [5.41, 5.74) is 3.17. The number of hydrogen-bond donors (Lipinski definition) is 2. The monoisotopic (exact) mass is 482 g/mol. The molecule has 0 spiro atoms. The van der Waals surface area contributed by atoms with Crippen molar-refractivity contribution in [2.24, 2.45) is 5.92 Å². The Balaban J connectivity index is 1.38. The highest BCUT2D eigenvalue weighted by molar-refractivity contribution is 7.16. The topological polar surface area (TPSA) is 76.7 Å². The van der Waals surface area contributed by atoms with Crippen molar-refractivity contribution < 1.29 is 19.1 Å². The van der Waals surface area contributed by atoms with Crippen LogP contribution in [0.5, 0.6) is 11.5 Å². The van der Waals surface area contributed by atoms with Crippen LogP contribution in [0.1, 0.15) is 56.2 Å². The first-order valence-corrected chi connectivity index (χ1v) is 12.0. The maximum atomic E-state index is 13.0. The second-order valence-corrected chi connectivity index (χ2v) is 9.96. The Morgan fingerprint density at radius 2 is 1.91 bits per heavy atom. The van der Waals surface area contributed by atoms with E-state index in [0.29, 0.717) is 28.0 Å². The Labute approximate surface area is 200 Å². The molecule has 2 aliphatic rings. The number of esters is 1. The molecule has 1 aliphatic carbocycles. The number of carbonyl (C=O) groups excluding carboxylic acids is 2. The van der Waals surface area contributed by atoms with E-state index in [4.69, 9.17) is 21.1 Å². The van der Waals surface area contributed by atoms with E-state index in [1.807, 2.05) is 6.07 Å². The van der Waals surface area contributed by atoms with Gasteiger partial charge in [0.15, 0.2) is 11.5 Å². The van der Waals surface area contributed by atoms with Crippen molar-refractivity contribution in [2.75, 3.05) is 12.4 Å². The molecule has 2 aromatic carbocycles. The molecular weight excluding hydrogens is 460 g/mol. The van der Waals surface area contributed by atoms with Crippen molar-refractivity contribution in [3.8, 4) is 11.5 Å². The summed E-state index contributed by atoms with van der Waals surface area (Å²) in [5, 5.41) is 7.99. The number of fused-ring (bicyclic) bond motifs is 3. The van der Waals surface area contributed by atoms with Gasteiger partial charge in [-0.1, -0.05) is 24.6 Å². The minimum absolute atomic E-state index is 0.0574. The van der Waals surface area contributed by atoms with Crippen LogP contribution in [-0.2, 0) is 12.8 Å². The van der Waals surface area contributed by atoms with E-state index in [0.717, 1.165) is 35.4 Å². The van der Waals surface area contributed by atoms with Gasteiger partial charge in [0.2, 0.25) is 0 Å². The van der Waals surface area contributed by atoms with Gasteiger partial charge in [0, 0.05) is 9.90 Å². The lowest BCUT2D eigenvalue weighted by Crippen LogP contribution is -2.38. The fraction of sp³-hybridized carbons (Fsp3) is 0.280. The van der Waals surface area contributed by atoms with E-state index >= 15 is 0 Å². The number of hydrogen-bond acceptors (Lipinski definition) is 6. The number of amides is 1. The van der Waals surface area contributed by atoms with Crippen LogP contribution in [0.2, 0.25) is 5.02 Å². The molecule has 0 unspecified atom stereocenters. The highest BCUT2D eigenvalue weighted by Gasteiger charge is 2.33. The third-order valence-electron chi connectivity index (χ3n) is 6.09. The fourth-order valence-electron chi connectivity index (χ4n) is 4.32. The number of benzene rings is 2. The zero-order valence-electron chi connectivity index (χ0n) is 18.2. The van der Waals surface area contributed by atoms with Gasteiger partial charge in [-0.15, -0.1) is 11.3 Å². The first kappa shape index (κ1) is 21.8. The average molecular weight is 483 g/mol. The summed E-state index contributed by atoms with van der Waals surface area (Å²) in [7, 11) is 1.51. The zero-order valence-corrected chi connectivity index (χ0v) is 19.8. The van der Waals surface area contributed by atoms with Crippen molar-refractivity contribution in [2.45, 2.75) is 32.4 Å². The third-order valence-corrected chi connectivity index (χ3v) is 7.53. The molecule has 3 aromatic rings. The number of ether oxygens (including phenoxy) is 2. The van der Waals surface area contributed by atoms with Gasteiger partial charge >= 0.3 is 5.97 Å². The van der Waals surface area contributed by atoms with Crippen molar-refractivity contribution in [1.29, 1.82) is 0 Å². The van der Waals surface area contributed by atoms with E-state index in [1.54, 1.807) is 47.7 Å². The van der Waals surface area contributed by atoms with Gasteiger partial charge in [-0.2, -0.15) is 0 Å². The lowest BCUT2D eigenvalue weighted by Gasteiger charge is -2.27. The molecule has 0 bridgehead atoms. The Morgan fingerprint density at radius 1 is 1.12 bits per heavy atom. The largest absolute Gasteiger partial charge is 0.493 e. The van der Waals surface area contributed by atoms with E-state index in [1.165, 1.54) is 17.6 Å². The van der Waals surface area contributed by atoms with Crippen LogP contribution >= 0.6 is 22.9 Å². The minimum atomic E-state index is -0.509. The molecule has 8 heteroatoms. The van der Waals surface area contributed by atoms with Gasteiger partial charge in [0.1, 0.15) is 11.2 Å². The van der Waals surface area contributed by atoms with Crippen molar-refractivity contribution in [3.05, 3.63) is 74.6 Å². The van der Waals surface area contributed by atoms with E-state index in [-0.39, 0.29) is 5.91 Å². The summed E-state index contributed by atoms with van der Waals surface area (Å²) in [5.74, 6) is 0.771. The van der Waals surface area contributed by atoms with Gasteiger partial charge in [-0.05, 0) is 72.7 Å². The number of rotatable bonds is 4. The molecule has 0 radical (unpaired) electrons. The molecule has 2 N–H and O–H groups in total. The maximum absolute atomic E-state index is 13.0. The Hall–Kier alpha value is -3.03. The molecule has 170 valence electrons. The Kier molecular flexibility index (Phi) is 5.76. The third kappa shape index (κ3) is 4.18. The lowest BCUT2D eigenvalue weighted by molar-refractivity contribution is 0.0729. The first-order valence-electron chi connectivity index (χ1n) is 10.8. The molecule has 1 aliphatic heterocycles. The number of anilines is 1. The van der Waals surface area contributed by atoms with Gasteiger partial charge in [-0.25, -0.2) is 4.79 Å². The second kappa shape index (κ2) is 8.72. The standard InChI is InChI=1S/C25H23ClN2O4S/c1-13-3-9-17-20(11-13)33-24-21(17)23(29)27-22(28-24)15-6-10-18(19(12-15)31-2)32-25(30)14-4-7-16(26)8-5-14/h4-8,10,12-13,22,28H,3,9,11H2,1-2H3,(H,27,29)/t13-,22+/m0/s1. The fourth-order valence-corrected chi connectivity index (χ4v) is 5.88. The van der Waals surface area contributed by atoms with Crippen LogP contribution in [-0.4, -0.2) is 19.0 Å². The summed E-state index contributed by atoms with van der Waals surface area (Å²) in [6.45, 7) is 2.26. The molecule has 0 saturated carbocycles. The maximum Gasteiger partial charge on any atom is 0.343 e. The quantitative estimate of drug-likeness (QED) is 0.373. The molecule has 2 heterocycles. The Bertz CT molecular complexity index is 1240. The molecule has 33 heavy (non-hydrogen) atoms. The molecule has 6 nitrogen and oxygen atoms in total. The van der Waals surface area contributed by atoms with Gasteiger partial charge in [0.05, 0.1) is 18.2 Å². The van der Waals surface area contributed by atoms with Crippen LogP contribution in [0.15, 0.2) is 42.5 Å². The SMILES string of the molecule is COc1cc([C@@H]2NC(=O)c3c(sc4c3CC[C@H](C)C4)N2)ccc1OC(=O)c1ccc(Cl)cc1. The van der Waals surface area contributed by atoms with E-state index in [9.17, 15) is 9.59 Å². The van der Waals surface area contributed by atoms with Gasteiger partial charge in [-0.3, -0.25) is 4.79 Å². The molecule has 1 amide bonds. The molecular formula is C25H23ClN2O4S. The molecule has 5 rings (SSSR count). The van der Waals surface area contributed by atoms with E-state index < -0.39 is 12.1 Å². The summed E-state index contributed by atoms with van der Waals surface area (Å²) in [6, 6.07) is 11.7. The summed E-state index contributed by atoms with van der Waals surface area (Å²) >= 11 is 7.57. The van der Waals surface area contributed by atoms with Crippen LogP contribution in [0.25, 0.3) is 0 Å². The summed E-state index contributed by atoms with van der Waals surface area (Å²) in [6.07, 6.45) is 2.68. The molecule has 0 saturated heterocycles. The first-order chi connectivity index (χ1) is 15.9. The van der Waals surface area contributed by atoms with E-state index in [2.05, 4.69) is 17.6 Å². The second-order valence-electron chi connectivity index (χ2n) is 8.41. The predicted octanol–water partition coefficient (Wildman–Crippen LogP) is 5.61. The number of thiophene rings is 1. The smallest absolute Gasteiger partial charge is 0.343 e. The van der Waals surface area contributed by atoms with Crippen LogP contribution < -0.4 is 20.1 Å². The van der Waals surface area contributed by atoms with Gasteiger partial charge < -0.3 is 20.1 Å². The summed E-state index contributed by atoms with van der Waals surface area (Å²) in [4.78, 5) is 26.8. The van der Waals surface area contributed by atoms with Crippen molar-refractivity contribution in [3.63, 3.8) is 0 Å². The van der Waals surface area contributed by atoms with Crippen LogP contribution in [0, 0.1) is 5.92 Å². The normalized spacial score (nSPS) is 19.1. The highest BCUT2D eigenvalue weighted by Crippen LogP contribution is 2.43.